The summed E-state index contributed by atoms with van der Waals surface area (Å²) in [7, 11) is 1.64. The van der Waals surface area contributed by atoms with E-state index >= 15 is 0 Å². The van der Waals surface area contributed by atoms with Crippen molar-refractivity contribution in [1.82, 2.24) is 5.32 Å². The summed E-state index contributed by atoms with van der Waals surface area (Å²) in [6.07, 6.45) is 7.14. The SMILES string of the molecule is COc1cccc(CNC(=O)C(N)CC2CCCCC2)c1. The van der Waals surface area contributed by atoms with Crippen LogP contribution in [0, 0.1) is 5.92 Å². The molecule has 1 fully saturated rings. The standard InChI is InChI=1S/C17H26N2O2/c1-21-15-9-5-8-14(10-15)12-19-17(20)16(18)11-13-6-3-2-4-7-13/h5,8-10,13,16H,2-4,6-7,11-12,18H2,1H3,(H,19,20). The van der Waals surface area contributed by atoms with E-state index in [0.29, 0.717) is 12.5 Å². The van der Waals surface area contributed by atoms with Crippen LogP contribution in [0.3, 0.4) is 0 Å². The average Bonchev–Trinajstić information content (AvgIpc) is 2.53. The van der Waals surface area contributed by atoms with Gasteiger partial charge in [0, 0.05) is 6.54 Å². The summed E-state index contributed by atoms with van der Waals surface area (Å²) >= 11 is 0. The Morgan fingerprint density at radius 3 is 2.86 bits per heavy atom. The number of amides is 1. The monoisotopic (exact) mass is 290 g/mol. The van der Waals surface area contributed by atoms with Crippen molar-refractivity contribution in [3.05, 3.63) is 29.8 Å². The molecule has 0 radical (unpaired) electrons. The molecule has 0 spiro atoms. The number of carbonyl (C=O) groups excluding carboxylic acids is 1. The van der Waals surface area contributed by atoms with Gasteiger partial charge in [-0.3, -0.25) is 4.79 Å². The van der Waals surface area contributed by atoms with Crippen molar-refractivity contribution in [2.75, 3.05) is 7.11 Å². The topological polar surface area (TPSA) is 64.3 Å². The van der Waals surface area contributed by atoms with Crippen LogP contribution >= 0.6 is 0 Å². The maximum Gasteiger partial charge on any atom is 0.237 e. The fourth-order valence-electron chi connectivity index (χ4n) is 2.99. The average molecular weight is 290 g/mol. The van der Waals surface area contributed by atoms with Crippen molar-refractivity contribution in [2.45, 2.75) is 51.1 Å². The maximum absolute atomic E-state index is 12.1. The Morgan fingerprint density at radius 1 is 1.38 bits per heavy atom. The van der Waals surface area contributed by atoms with E-state index in [0.717, 1.165) is 17.7 Å². The number of rotatable bonds is 6. The lowest BCUT2D eigenvalue weighted by Gasteiger charge is -2.24. The molecule has 0 aromatic heterocycles. The molecule has 1 aromatic carbocycles. The Morgan fingerprint density at radius 2 is 2.14 bits per heavy atom. The van der Waals surface area contributed by atoms with Gasteiger partial charge >= 0.3 is 0 Å². The fraction of sp³-hybridized carbons (Fsp3) is 0.588. The first-order valence-electron chi connectivity index (χ1n) is 7.85. The summed E-state index contributed by atoms with van der Waals surface area (Å²) < 4.78 is 5.17. The Kier molecular flexibility index (Phi) is 6.05. The van der Waals surface area contributed by atoms with E-state index in [2.05, 4.69) is 5.32 Å². The van der Waals surface area contributed by atoms with Crippen molar-refractivity contribution in [1.29, 1.82) is 0 Å². The van der Waals surface area contributed by atoms with Crippen LogP contribution in [-0.4, -0.2) is 19.1 Å². The lowest BCUT2D eigenvalue weighted by atomic mass is 9.85. The summed E-state index contributed by atoms with van der Waals surface area (Å²) in [6.45, 7) is 0.494. The lowest BCUT2D eigenvalue weighted by Crippen LogP contribution is -2.41. The molecule has 116 valence electrons. The van der Waals surface area contributed by atoms with E-state index in [1.807, 2.05) is 24.3 Å². The molecular formula is C17H26N2O2. The summed E-state index contributed by atoms with van der Waals surface area (Å²) in [6, 6.07) is 7.31. The molecule has 4 nitrogen and oxygen atoms in total. The third-order valence-corrected chi connectivity index (χ3v) is 4.25. The number of hydrogen-bond acceptors (Lipinski definition) is 3. The number of benzene rings is 1. The molecule has 0 heterocycles. The highest BCUT2D eigenvalue weighted by Crippen LogP contribution is 2.26. The quantitative estimate of drug-likeness (QED) is 0.846. The minimum atomic E-state index is -0.390. The molecule has 1 aromatic rings. The van der Waals surface area contributed by atoms with Crippen molar-refractivity contribution >= 4 is 5.91 Å². The Bertz CT molecular complexity index is 456. The lowest BCUT2D eigenvalue weighted by molar-refractivity contribution is -0.123. The summed E-state index contributed by atoms with van der Waals surface area (Å²) in [5, 5.41) is 2.92. The second kappa shape index (κ2) is 8.03. The van der Waals surface area contributed by atoms with E-state index in [-0.39, 0.29) is 5.91 Å². The zero-order valence-electron chi connectivity index (χ0n) is 12.8. The van der Waals surface area contributed by atoms with Crippen LogP contribution in [0.15, 0.2) is 24.3 Å². The summed E-state index contributed by atoms with van der Waals surface area (Å²) in [5.74, 6) is 1.37. The molecule has 4 heteroatoms. The van der Waals surface area contributed by atoms with Crippen LogP contribution in [0.4, 0.5) is 0 Å². The summed E-state index contributed by atoms with van der Waals surface area (Å²) in [4.78, 5) is 12.1. The molecule has 0 aliphatic heterocycles. The maximum atomic E-state index is 12.1. The Hall–Kier alpha value is -1.55. The first kappa shape index (κ1) is 15.8. The minimum absolute atomic E-state index is 0.0524. The van der Waals surface area contributed by atoms with Crippen LogP contribution < -0.4 is 15.8 Å². The largest absolute Gasteiger partial charge is 0.497 e. The smallest absolute Gasteiger partial charge is 0.237 e. The van der Waals surface area contributed by atoms with Gasteiger partial charge in [0.1, 0.15) is 5.75 Å². The molecule has 3 N–H and O–H groups in total. The molecule has 0 saturated heterocycles. The van der Waals surface area contributed by atoms with Gasteiger partial charge in [0.05, 0.1) is 13.2 Å². The summed E-state index contributed by atoms with van der Waals surface area (Å²) in [5.41, 5.74) is 7.05. The highest BCUT2D eigenvalue weighted by Gasteiger charge is 2.20. The van der Waals surface area contributed by atoms with Gasteiger partial charge < -0.3 is 15.8 Å². The predicted octanol–water partition coefficient (Wildman–Crippen LogP) is 2.61. The van der Waals surface area contributed by atoms with Crippen molar-refractivity contribution < 1.29 is 9.53 Å². The van der Waals surface area contributed by atoms with Gasteiger partial charge in [0.15, 0.2) is 0 Å². The van der Waals surface area contributed by atoms with Crippen LogP contribution in [0.25, 0.3) is 0 Å². The second-order valence-corrected chi connectivity index (χ2v) is 5.92. The third-order valence-electron chi connectivity index (χ3n) is 4.25. The minimum Gasteiger partial charge on any atom is -0.497 e. The second-order valence-electron chi connectivity index (χ2n) is 5.92. The Balaban J connectivity index is 1.77. The highest BCUT2D eigenvalue weighted by atomic mass is 16.5. The van der Waals surface area contributed by atoms with E-state index in [1.54, 1.807) is 7.11 Å². The molecule has 1 unspecified atom stereocenters. The van der Waals surface area contributed by atoms with Crippen molar-refractivity contribution in [2.24, 2.45) is 11.7 Å². The molecule has 1 atom stereocenters. The number of ether oxygens (including phenoxy) is 1. The Labute approximate surface area is 127 Å². The van der Waals surface area contributed by atoms with Gasteiger partial charge in [-0.15, -0.1) is 0 Å². The molecule has 1 aliphatic carbocycles. The van der Waals surface area contributed by atoms with Gasteiger partial charge in [-0.1, -0.05) is 44.2 Å². The number of hydrogen-bond donors (Lipinski definition) is 2. The van der Waals surface area contributed by atoms with Gasteiger partial charge in [-0.25, -0.2) is 0 Å². The molecule has 0 bridgehead atoms. The number of nitrogens with two attached hydrogens (primary N) is 1. The zero-order valence-corrected chi connectivity index (χ0v) is 12.8. The van der Waals surface area contributed by atoms with Crippen LogP contribution in [-0.2, 0) is 11.3 Å². The van der Waals surface area contributed by atoms with Crippen LogP contribution in [0.5, 0.6) is 5.75 Å². The van der Waals surface area contributed by atoms with E-state index in [4.69, 9.17) is 10.5 Å². The number of methoxy groups -OCH3 is 1. The molecule has 21 heavy (non-hydrogen) atoms. The van der Waals surface area contributed by atoms with Gasteiger partial charge in [0.2, 0.25) is 5.91 Å². The van der Waals surface area contributed by atoms with Gasteiger partial charge in [0.25, 0.3) is 0 Å². The van der Waals surface area contributed by atoms with Gasteiger partial charge in [-0.2, -0.15) is 0 Å². The first-order valence-corrected chi connectivity index (χ1v) is 7.85. The third kappa shape index (κ3) is 5.05. The molecular weight excluding hydrogens is 264 g/mol. The molecule has 1 saturated carbocycles. The van der Waals surface area contributed by atoms with Crippen LogP contribution in [0.2, 0.25) is 0 Å². The molecule has 1 amide bonds. The molecule has 2 rings (SSSR count). The van der Waals surface area contributed by atoms with Crippen molar-refractivity contribution in [3.8, 4) is 5.75 Å². The van der Waals surface area contributed by atoms with Crippen molar-refractivity contribution in [3.63, 3.8) is 0 Å². The first-order chi connectivity index (χ1) is 10.2. The van der Waals surface area contributed by atoms with E-state index in [1.165, 1.54) is 32.1 Å². The number of nitrogens with one attached hydrogen (secondary N) is 1. The van der Waals surface area contributed by atoms with E-state index < -0.39 is 6.04 Å². The number of carbonyl (C=O) groups is 1. The highest BCUT2D eigenvalue weighted by molar-refractivity contribution is 5.81. The normalized spacial score (nSPS) is 17.2. The predicted molar refractivity (Wildman–Crippen MR) is 84.0 cm³/mol. The van der Waals surface area contributed by atoms with Crippen LogP contribution in [0.1, 0.15) is 44.1 Å². The van der Waals surface area contributed by atoms with Gasteiger partial charge in [-0.05, 0) is 30.0 Å². The zero-order chi connectivity index (χ0) is 15.1. The molecule has 1 aliphatic rings. The fourth-order valence-corrected chi connectivity index (χ4v) is 2.99. The van der Waals surface area contributed by atoms with E-state index in [9.17, 15) is 4.79 Å².